The average Bonchev–Trinajstić information content (AvgIpc) is 3.47. The number of hydrogen-bond acceptors (Lipinski definition) is 8. The van der Waals surface area contributed by atoms with E-state index in [2.05, 4.69) is 19.9 Å². The van der Waals surface area contributed by atoms with E-state index >= 15 is 0 Å². The zero-order valence-electron chi connectivity index (χ0n) is 21.7. The Morgan fingerprint density at radius 1 is 0.976 bits per heavy atom. The number of hydrogen-bond donors (Lipinski definition) is 2. The second-order valence-electron chi connectivity index (χ2n) is 9.28. The lowest BCUT2D eigenvalue weighted by Crippen LogP contribution is -2.49. The standard InChI is InChI=1S/C27H27F5N4O5/c28-20-21(29)23(31)25(24(32)22(20)30)41-27(39)17(33-14-16-5-2-1-3-6-16)13-19-34-18(15-40-19)26(38)36-10-8-35(9-11-36)7-4-12-37/h1-3,5-6,15,17,33,37H,4,7-14H2. The van der Waals surface area contributed by atoms with Gasteiger partial charge < -0.3 is 19.2 Å². The molecule has 41 heavy (non-hydrogen) atoms. The van der Waals surface area contributed by atoms with Gasteiger partial charge in [-0.3, -0.25) is 15.0 Å². The number of carbonyl (C=O) groups excluding carboxylic acids is 2. The Balaban J connectivity index is 1.48. The van der Waals surface area contributed by atoms with Crippen LogP contribution in [0.2, 0.25) is 0 Å². The lowest BCUT2D eigenvalue weighted by atomic mass is 10.1. The Morgan fingerprint density at radius 2 is 1.61 bits per heavy atom. The van der Waals surface area contributed by atoms with E-state index in [0.29, 0.717) is 44.7 Å². The van der Waals surface area contributed by atoms with E-state index in [1.165, 1.54) is 0 Å². The molecule has 0 saturated carbocycles. The highest BCUT2D eigenvalue weighted by molar-refractivity contribution is 5.92. The van der Waals surface area contributed by atoms with Crippen molar-refractivity contribution >= 4 is 11.9 Å². The number of nitrogens with one attached hydrogen (secondary N) is 1. The van der Waals surface area contributed by atoms with E-state index in [4.69, 9.17) is 9.52 Å². The number of aliphatic hydroxyl groups is 1. The number of aromatic nitrogens is 1. The van der Waals surface area contributed by atoms with Crippen LogP contribution in [0.1, 0.15) is 28.4 Å². The van der Waals surface area contributed by atoms with Crippen molar-refractivity contribution in [2.24, 2.45) is 0 Å². The van der Waals surface area contributed by atoms with Crippen LogP contribution in [0.15, 0.2) is 41.0 Å². The molecule has 14 heteroatoms. The van der Waals surface area contributed by atoms with Gasteiger partial charge >= 0.3 is 5.97 Å². The van der Waals surface area contributed by atoms with Crippen molar-refractivity contribution in [1.82, 2.24) is 20.1 Å². The fraction of sp³-hybridized carbons (Fsp3) is 0.370. The maximum Gasteiger partial charge on any atom is 0.329 e. The number of carbonyl (C=O) groups is 2. The molecule has 0 spiro atoms. The Morgan fingerprint density at radius 3 is 2.24 bits per heavy atom. The summed E-state index contributed by atoms with van der Waals surface area (Å²) in [4.78, 5) is 33.7. The van der Waals surface area contributed by atoms with E-state index in [1.807, 2.05) is 0 Å². The van der Waals surface area contributed by atoms with Crippen molar-refractivity contribution in [3.05, 3.63) is 82.8 Å². The van der Waals surface area contributed by atoms with E-state index in [1.54, 1.807) is 35.2 Å². The highest BCUT2D eigenvalue weighted by Gasteiger charge is 2.32. The van der Waals surface area contributed by atoms with E-state index in [0.717, 1.165) is 6.26 Å². The van der Waals surface area contributed by atoms with Crippen molar-refractivity contribution < 1.29 is 45.8 Å². The number of oxazole rings is 1. The number of ether oxygens (including phenoxy) is 1. The van der Waals surface area contributed by atoms with Crippen LogP contribution >= 0.6 is 0 Å². The maximum absolute atomic E-state index is 14.2. The summed E-state index contributed by atoms with van der Waals surface area (Å²) in [5, 5.41) is 11.8. The summed E-state index contributed by atoms with van der Waals surface area (Å²) in [5.41, 5.74) is 0.682. The topological polar surface area (TPSA) is 108 Å². The smallest absolute Gasteiger partial charge is 0.329 e. The van der Waals surface area contributed by atoms with Gasteiger partial charge in [-0.15, -0.1) is 0 Å². The van der Waals surface area contributed by atoms with Crippen LogP contribution in [0.3, 0.4) is 0 Å². The molecule has 3 aromatic rings. The third-order valence-corrected chi connectivity index (χ3v) is 6.49. The first-order chi connectivity index (χ1) is 19.7. The third-order valence-electron chi connectivity index (χ3n) is 6.49. The second-order valence-corrected chi connectivity index (χ2v) is 9.28. The fourth-order valence-electron chi connectivity index (χ4n) is 4.23. The monoisotopic (exact) mass is 582 g/mol. The van der Waals surface area contributed by atoms with Crippen molar-refractivity contribution in [1.29, 1.82) is 0 Å². The molecular formula is C27H27F5N4O5. The molecule has 1 aliphatic rings. The number of esters is 1. The molecule has 0 bridgehead atoms. The molecule has 1 fully saturated rings. The van der Waals surface area contributed by atoms with Gasteiger partial charge in [0.05, 0.1) is 6.42 Å². The van der Waals surface area contributed by atoms with Gasteiger partial charge in [-0.1, -0.05) is 30.3 Å². The Labute approximate surface area is 231 Å². The second kappa shape index (κ2) is 13.7. The summed E-state index contributed by atoms with van der Waals surface area (Å²) in [6.07, 6.45) is 1.37. The van der Waals surface area contributed by atoms with Gasteiger partial charge in [0.1, 0.15) is 12.3 Å². The first kappa shape index (κ1) is 30.1. The SMILES string of the molecule is O=C(Oc1c(F)c(F)c(F)c(F)c1F)C(Cc1nc(C(=O)N2CCN(CCCO)CC2)co1)NCc1ccccc1. The minimum atomic E-state index is -2.39. The lowest BCUT2D eigenvalue weighted by molar-refractivity contribution is -0.137. The van der Waals surface area contributed by atoms with Crippen LogP contribution < -0.4 is 10.1 Å². The molecule has 2 aromatic carbocycles. The lowest BCUT2D eigenvalue weighted by Gasteiger charge is -2.34. The van der Waals surface area contributed by atoms with Crippen molar-refractivity contribution in [2.45, 2.75) is 25.4 Å². The van der Waals surface area contributed by atoms with Crippen molar-refractivity contribution in [3.8, 4) is 5.75 Å². The molecule has 2 heterocycles. The van der Waals surface area contributed by atoms with Gasteiger partial charge in [0.25, 0.3) is 5.91 Å². The number of rotatable bonds is 11. The summed E-state index contributed by atoms with van der Waals surface area (Å²) < 4.78 is 79.0. The van der Waals surface area contributed by atoms with Crippen LogP contribution in [0.4, 0.5) is 22.0 Å². The van der Waals surface area contributed by atoms with Gasteiger partial charge in [0.2, 0.25) is 34.8 Å². The van der Waals surface area contributed by atoms with Gasteiger partial charge in [-0.25, -0.2) is 22.9 Å². The van der Waals surface area contributed by atoms with Crippen molar-refractivity contribution in [2.75, 3.05) is 39.3 Å². The van der Waals surface area contributed by atoms with Crippen LogP contribution in [-0.4, -0.2) is 77.1 Å². The third kappa shape index (κ3) is 7.26. The largest absolute Gasteiger partial charge is 0.448 e. The highest BCUT2D eigenvalue weighted by atomic mass is 19.2. The molecule has 0 radical (unpaired) electrons. The van der Waals surface area contributed by atoms with Crippen LogP contribution in [0.5, 0.6) is 5.75 Å². The number of amides is 1. The predicted octanol–water partition coefficient (Wildman–Crippen LogP) is 2.82. The fourth-order valence-corrected chi connectivity index (χ4v) is 4.23. The molecule has 0 aliphatic carbocycles. The first-order valence-electron chi connectivity index (χ1n) is 12.8. The molecule has 1 atom stereocenters. The van der Waals surface area contributed by atoms with Crippen LogP contribution in [-0.2, 0) is 17.8 Å². The number of aliphatic hydroxyl groups excluding tert-OH is 1. The maximum atomic E-state index is 14.2. The number of piperazine rings is 1. The molecule has 4 rings (SSSR count). The summed E-state index contributed by atoms with van der Waals surface area (Å²) in [7, 11) is 0. The molecule has 1 saturated heterocycles. The van der Waals surface area contributed by atoms with Crippen LogP contribution in [0, 0.1) is 29.1 Å². The van der Waals surface area contributed by atoms with Gasteiger partial charge in [0, 0.05) is 45.9 Å². The van der Waals surface area contributed by atoms with Gasteiger partial charge in [-0.2, -0.15) is 8.78 Å². The molecule has 1 aromatic heterocycles. The zero-order chi connectivity index (χ0) is 29.5. The molecule has 220 valence electrons. The molecular weight excluding hydrogens is 555 g/mol. The van der Waals surface area contributed by atoms with Crippen LogP contribution in [0.25, 0.3) is 0 Å². The molecule has 9 nitrogen and oxygen atoms in total. The average molecular weight is 583 g/mol. The number of nitrogens with zero attached hydrogens (tertiary/aromatic N) is 3. The Kier molecular flexibility index (Phi) is 10.0. The molecule has 1 aliphatic heterocycles. The summed E-state index contributed by atoms with van der Waals surface area (Å²) in [6.45, 7) is 2.95. The number of halogens is 5. The van der Waals surface area contributed by atoms with Gasteiger partial charge in [-0.05, 0) is 12.0 Å². The Hall–Kier alpha value is -3.88. The summed E-state index contributed by atoms with van der Waals surface area (Å²) >= 11 is 0. The van der Waals surface area contributed by atoms with Crippen molar-refractivity contribution in [3.63, 3.8) is 0 Å². The normalized spacial score (nSPS) is 14.7. The highest BCUT2D eigenvalue weighted by Crippen LogP contribution is 2.29. The molecule has 1 unspecified atom stereocenters. The zero-order valence-corrected chi connectivity index (χ0v) is 21.7. The summed E-state index contributed by atoms with van der Waals surface area (Å²) in [5.74, 6) is -15.1. The number of benzene rings is 2. The minimum Gasteiger partial charge on any atom is -0.448 e. The van der Waals surface area contributed by atoms with E-state index in [9.17, 15) is 31.5 Å². The predicted molar refractivity (Wildman–Crippen MR) is 133 cm³/mol. The Bertz CT molecular complexity index is 1340. The van der Waals surface area contributed by atoms with E-state index < -0.39 is 52.8 Å². The van der Waals surface area contributed by atoms with Gasteiger partial charge in [0.15, 0.2) is 11.6 Å². The molecule has 2 N–H and O–H groups in total. The summed E-state index contributed by atoms with van der Waals surface area (Å²) in [6, 6.07) is 7.27. The minimum absolute atomic E-state index is 0.0289. The first-order valence-corrected chi connectivity index (χ1v) is 12.8. The van der Waals surface area contributed by atoms with E-state index in [-0.39, 0.29) is 31.2 Å². The molecule has 1 amide bonds. The quantitative estimate of drug-likeness (QED) is 0.117.